The summed E-state index contributed by atoms with van der Waals surface area (Å²) in [6.45, 7) is 3.58. The lowest BCUT2D eigenvalue weighted by molar-refractivity contribution is -0.0733. The normalized spacial score (nSPS) is 11.1. The Kier molecular flexibility index (Phi) is 3.48. The van der Waals surface area contributed by atoms with Gasteiger partial charge in [0.2, 0.25) is 0 Å². The van der Waals surface area contributed by atoms with Crippen molar-refractivity contribution in [3.8, 4) is 0 Å². The molecule has 1 N–H and O–H groups in total. The summed E-state index contributed by atoms with van der Waals surface area (Å²) < 4.78 is 13.5. The van der Waals surface area contributed by atoms with Crippen LogP contribution in [0.2, 0.25) is 5.02 Å². The third kappa shape index (κ3) is 2.23. The summed E-state index contributed by atoms with van der Waals surface area (Å²) in [5.41, 5.74) is 1.68. The van der Waals surface area contributed by atoms with Crippen LogP contribution in [0.1, 0.15) is 16.7 Å². The van der Waals surface area contributed by atoms with Crippen molar-refractivity contribution in [1.29, 1.82) is 0 Å². The maximum absolute atomic E-state index is 13.5. The first kappa shape index (κ1) is 11.4. The van der Waals surface area contributed by atoms with E-state index in [4.69, 9.17) is 16.8 Å². The minimum absolute atomic E-state index is 0.267. The molecule has 0 aliphatic heterocycles. The number of nitrogens with zero attached hydrogens (tertiary/aromatic N) is 1. The fourth-order valence-corrected chi connectivity index (χ4v) is 1.52. The Bertz CT molecular complexity index is 352. The summed E-state index contributed by atoms with van der Waals surface area (Å²) in [5.74, 6) is -0.297. The monoisotopic (exact) mass is 217 g/mol. The summed E-state index contributed by atoms with van der Waals surface area (Å²) in [7, 11) is 1.51. The lowest BCUT2D eigenvalue weighted by Crippen LogP contribution is -2.13. The molecule has 78 valence electrons. The number of halogens is 2. The summed E-state index contributed by atoms with van der Waals surface area (Å²) in [5, 5.41) is 10.4. The summed E-state index contributed by atoms with van der Waals surface area (Å²) >= 11 is 5.83. The van der Waals surface area contributed by atoms with Crippen LogP contribution >= 0.6 is 11.6 Å². The van der Waals surface area contributed by atoms with E-state index in [1.54, 1.807) is 19.9 Å². The Morgan fingerprint density at radius 2 is 2.00 bits per heavy atom. The minimum Gasteiger partial charge on any atom is -0.314 e. The van der Waals surface area contributed by atoms with E-state index in [1.165, 1.54) is 7.05 Å². The SMILES string of the molecule is Cc1c(Cl)cc(CN(C)O)c(C)c1F. The highest BCUT2D eigenvalue weighted by atomic mass is 35.5. The maximum Gasteiger partial charge on any atom is 0.130 e. The van der Waals surface area contributed by atoms with Crippen LogP contribution < -0.4 is 0 Å². The minimum atomic E-state index is -0.297. The van der Waals surface area contributed by atoms with Crippen LogP contribution in [0, 0.1) is 19.7 Å². The second kappa shape index (κ2) is 4.26. The summed E-state index contributed by atoms with van der Waals surface area (Å²) in [6, 6.07) is 1.68. The van der Waals surface area contributed by atoms with Crippen molar-refractivity contribution in [2.24, 2.45) is 0 Å². The Morgan fingerprint density at radius 3 is 2.50 bits per heavy atom. The van der Waals surface area contributed by atoms with Crippen LogP contribution in [0.4, 0.5) is 4.39 Å². The molecule has 0 aromatic heterocycles. The Balaban J connectivity index is 3.19. The van der Waals surface area contributed by atoms with Gasteiger partial charge in [-0.1, -0.05) is 11.6 Å². The molecule has 2 nitrogen and oxygen atoms in total. The van der Waals surface area contributed by atoms with Crippen molar-refractivity contribution >= 4 is 11.6 Å². The zero-order chi connectivity index (χ0) is 10.9. The first-order valence-corrected chi connectivity index (χ1v) is 4.65. The zero-order valence-corrected chi connectivity index (χ0v) is 9.19. The van der Waals surface area contributed by atoms with Gasteiger partial charge in [0.15, 0.2) is 0 Å². The van der Waals surface area contributed by atoms with Gasteiger partial charge >= 0.3 is 0 Å². The second-order valence-corrected chi connectivity index (χ2v) is 3.80. The highest BCUT2D eigenvalue weighted by molar-refractivity contribution is 6.31. The largest absolute Gasteiger partial charge is 0.314 e. The van der Waals surface area contributed by atoms with Gasteiger partial charge in [-0.2, -0.15) is 5.06 Å². The van der Waals surface area contributed by atoms with Crippen LogP contribution in [-0.2, 0) is 6.54 Å². The molecule has 0 saturated carbocycles. The van der Waals surface area contributed by atoms with Crippen LogP contribution in [0.25, 0.3) is 0 Å². The molecule has 1 aromatic carbocycles. The molecule has 4 heteroatoms. The van der Waals surface area contributed by atoms with E-state index in [9.17, 15) is 4.39 Å². The third-order valence-electron chi connectivity index (χ3n) is 2.20. The number of hydrogen-bond donors (Lipinski definition) is 1. The molecule has 0 amide bonds. The average Bonchev–Trinajstić information content (AvgIpc) is 2.10. The smallest absolute Gasteiger partial charge is 0.130 e. The zero-order valence-electron chi connectivity index (χ0n) is 8.43. The topological polar surface area (TPSA) is 23.5 Å². The molecule has 0 heterocycles. The molecule has 1 rings (SSSR count). The van der Waals surface area contributed by atoms with Crippen molar-refractivity contribution in [2.75, 3.05) is 7.05 Å². The van der Waals surface area contributed by atoms with Crippen LogP contribution in [0.15, 0.2) is 6.07 Å². The average molecular weight is 218 g/mol. The van der Waals surface area contributed by atoms with Gasteiger partial charge in [-0.05, 0) is 31.0 Å². The van der Waals surface area contributed by atoms with Gasteiger partial charge in [-0.3, -0.25) is 0 Å². The molecule has 0 spiro atoms. The quantitative estimate of drug-likeness (QED) is 0.770. The fraction of sp³-hybridized carbons (Fsp3) is 0.400. The van der Waals surface area contributed by atoms with Crippen LogP contribution in [0.3, 0.4) is 0 Å². The molecule has 0 unspecified atom stereocenters. The van der Waals surface area contributed by atoms with Crippen molar-refractivity contribution < 1.29 is 9.60 Å². The first-order valence-electron chi connectivity index (χ1n) is 4.27. The molecular weight excluding hydrogens is 205 g/mol. The lowest BCUT2D eigenvalue weighted by Gasteiger charge is -2.13. The van der Waals surface area contributed by atoms with E-state index in [-0.39, 0.29) is 12.4 Å². The van der Waals surface area contributed by atoms with Gasteiger partial charge < -0.3 is 5.21 Å². The Hall–Kier alpha value is -0.640. The molecule has 0 fully saturated rings. The van der Waals surface area contributed by atoms with E-state index >= 15 is 0 Å². The number of hydroxylamine groups is 2. The standard InChI is InChI=1S/C10H13ClFNO/c1-6-8(5-13(3)14)4-9(11)7(2)10(6)12/h4,14H,5H2,1-3H3. The van der Waals surface area contributed by atoms with Crippen molar-refractivity contribution in [3.63, 3.8) is 0 Å². The van der Waals surface area contributed by atoms with Crippen LogP contribution in [-0.4, -0.2) is 17.3 Å². The first-order chi connectivity index (χ1) is 6.43. The lowest BCUT2D eigenvalue weighted by atomic mass is 10.0. The maximum atomic E-state index is 13.5. The third-order valence-corrected chi connectivity index (χ3v) is 2.59. The highest BCUT2D eigenvalue weighted by Crippen LogP contribution is 2.25. The van der Waals surface area contributed by atoms with Crippen molar-refractivity contribution in [2.45, 2.75) is 20.4 Å². The second-order valence-electron chi connectivity index (χ2n) is 3.40. The van der Waals surface area contributed by atoms with E-state index in [2.05, 4.69) is 0 Å². The van der Waals surface area contributed by atoms with E-state index < -0.39 is 0 Å². The van der Waals surface area contributed by atoms with Gasteiger partial charge in [-0.25, -0.2) is 4.39 Å². The van der Waals surface area contributed by atoms with Crippen molar-refractivity contribution in [1.82, 2.24) is 5.06 Å². The van der Waals surface area contributed by atoms with Gasteiger partial charge in [0.1, 0.15) is 5.82 Å². The fourth-order valence-electron chi connectivity index (χ4n) is 1.31. The number of hydrogen-bond acceptors (Lipinski definition) is 2. The molecule has 0 saturated heterocycles. The summed E-state index contributed by atoms with van der Waals surface area (Å²) in [4.78, 5) is 0. The Labute approximate surface area is 87.9 Å². The summed E-state index contributed by atoms with van der Waals surface area (Å²) in [6.07, 6.45) is 0. The highest BCUT2D eigenvalue weighted by Gasteiger charge is 2.11. The van der Waals surface area contributed by atoms with Crippen molar-refractivity contribution in [3.05, 3.63) is 33.6 Å². The predicted molar refractivity (Wildman–Crippen MR) is 54.1 cm³/mol. The Morgan fingerprint density at radius 1 is 1.43 bits per heavy atom. The van der Waals surface area contributed by atoms with E-state index in [0.717, 1.165) is 5.06 Å². The molecular formula is C10H13ClFNO. The van der Waals surface area contributed by atoms with E-state index in [1.807, 2.05) is 0 Å². The molecule has 1 aromatic rings. The van der Waals surface area contributed by atoms with Gasteiger partial charge in [0, 0.05) is 24.2 Å². The van der Waals surface area contributed by atoms with Gasteiger partial charge in [0.05, 0.1) is 0 Å². The molecule has 0 radical (unpaired) electrons. The van der Waals surface area contributed by atoms with Gasteiger partial charge in [-0.15, -0.1) is 0 Å². The molecule has 0 bridgehead atoms. The molecule has 14 heavy (non-hydrogen) atoms. The molecule has 0 atom stereocenters. The number of rotatable bonds is 2. The predicted octanol–water partition coefficient (Wildman–Crippen LogP) is 2.92. The molecule has 0 aliphatic rings. The van der Waals surface area contributed by atoms with E-state index in [0.29, 0.717) is 21.7 Å². The molecule has 0 aliphatic carbocycles. The van der Waals surface area contributed by atoms with Crippen LogP contribution in [0.5, 0.6) is 0 Å². The van der Waals surface area contributed by atoms with Gasteiger partial charge in [0.25, 0.3) is 0 Å². The number of benzene rings is 1.